The fraction of sp³-hybridized carbons (Fsp3) is 0.250. The van der Waals surface area contributed by atoms with E-state index in [4.69, 9.17) is 0 Å². The number of nitrogens with zero attached hydrogens (tertiary/aromatic N) is 2. The molecule has 0 fully saturated rings. The summed E-state index contributed by atoms with van der Waals surface area (Å²) >= 11 is 0. The molecular formula is C24H27N3O. The second-order valence-corrected chi connectivity index (χ2v) is 7.28. The summed E-state index contributed by atoms with van der Waals surface area (Å²) in [5.74, 6) is 0.757. The quantitative estimate of drug-likeness (QED) is 0.630. The highest BCUT2D eigenvalue weighted by Gasteiger charge is 2.19. The van der Waals surface area contributed by atoms with Crippen molar-refractivity contribution in [1.82, 2.24) is 9.88 Å². The van der Waals surface area contributed by atoms with Crippen LogP contribution in [0.3, 0.4) is 0 Å². The van der Waals surface area contributed by atoms with Crippen molar-refractivity contribution in [3.63, 3.8) is 0 Å². The lowest BCUT2D eigenvalue weighted by Crippen LogP contribution is -2.36. The summed E-state index contributed by atoms with van der Waals surface area (Å²) in [5, 5.41) is 3.30. The lowest BCUT2D eigenvalue weighted by molar-refractivity contribution is 0.0690. The molecule has 0 saturated carbocycles. The van der Waals surface area contributed by atoms with Gasteiger partial charge in [-0.05, 0) is 44.0 Å². The Bertz CT molecular complexity index is 887. The van der Waals surface area contributed by atoms with Crippen LogP contribution in [0.1, 0.15) is 40.9 Å². The van der Waals surface area contributed by atoms with Gasteiger partial charge in [0.05, 0.1) is 5.56 Å². The molecule has 0 bridgehead atoms. The third-order valence-corrected chi connectivity index (χ3v) is 4.68. The summed E-state index contributed by atoms with van der Waals surface area (Å²) in [6, 6.07) is 22.3. The minimum Gasteiger partial charge on any atom is -0.366 e. The summed E-state index contributed by atoms with van der Waals surface area (Å²) in [6.45, 7) is 7.43. The van der Waals surface area contributed by atoms with Crippen molar-refractivity contribution in [2.24, 2.45) is 0 Å². The third-order valence-electron chi connectivity index (χ3n) is 4.68. The molecule has 0 saturated heterocycles. The van der Waals surface area contributed by atoms with Crippen LogP contribution in [0.25, 0.3) is 0 Å². The van der Waals surface area contributed by atoms with Crippen molar-refractivity contribution in [3.8, 4) is 0 Å². The predicted octanol–water partition coefficient (Wildman–Crippen LogP) is 5.05. The van der Waals surface area contributed by atoms with Gasteiger partial charge in [-0.2, -0.15) is 0 Å². The van der Waals surface area contributed by atoms with Crippen molar-refractivity contribution < 1.29 is 4.79 Å². The molecule has 0 aliphatic heterocycles. The van der Waals surface area contributed by atoms with Gasteiger partial charge in [0, 0.05) is 25.3 Å². The van der Waals surface area contributed by atoms with Gasteiger partial charge in [0.1, 0.15) is 5.82 Å². The zero-order valence-corrected chi connectivity index (χ0v) is 16.7. The summed E-state index contributed by atoms with van der Waals surface area (Å²) in [6.07, 6.45) is 1.65. The smallest absolute Gasteiger partial charge is 0.255 e. The van der Waals surface area contributed by atoms with Crippen LogP contribution in [0.4, 0.5) is 5.82 Å². The van der Waals surface area contributed by atoms with Gasteiger partial charge >= 0.3 is 0 Å². The van der Waals surface area contributed by atoms with E-state index < -0.39 is 0 Å². The van der Waals surface area contributed by atoms with Crippen LogP contribution in [0.15, 0.2) is 72.9 Å². The van der Waals surface area contributed by atoms with E-state index in [0.717, 1.165) is 11.4 Å². The van der Waals surface area contributed by atoms with E-state index in [2.05, 4.69) is 41.5 Å². The normalized spacial score (nSPS) is 10.7. The van der Waals surface area contributed by atoms with Gasteiger partial charge in [-0.3, -0.25) is 4.79 Å². The number of hydrogen-bond acceptors (Lipinski definition) is 3. The van der Waals surface area contributed by atoms with Gasteiger partial charge < -0.3 is 10.2 Å². The van der Waals surface area contributed by atoms with Crippen LogP contribution in [0.2, 0.25) is 0 Å². The average Bonchev–Trinajstić information content (AvgIpc) is 2.72. The molecule has 1 aromatic heterocycles. The Morgan fingerprint density at radius 1 is 0.964 bits per heavy atom. The van der Waals surface area contributed by atoms with Gasteiger partial charge in [-0.25, -0.2) is 4.98 Å². The zero-order chi connectivity index (χ0) is 19.9. The van der Waals surface area contributed by atoms with Crippen molar-refractivity contribution in [3.05, 3.63) is 95.2 Å². The average molecular weight is 374 g/mol. The second-order valence-electron chi connectivity index (χ2n) is 7.28. The van der Waals surface area contributed by atoms with E-state index in [1.807, 2.05) is 61.2 Å². The highest BCUT2D eigenvalue weighted by atomic mass is 16.2. The SMILES string of the molecule is Cc1ccc(CNc2ccc(C(=O)N(Cc3ccccc3)C(C)C)cn2)cc1. The number of nitrogens with one attached hydrogen (secondary N) is 1. The van der Waals surface area contributed by atoms with Gasteiger partial charge in [0.2, 0.25) is 0 Å². The maximum atomic E-state index is 13.0. The number of anilines is 1. The topological polar surface area (TPSA) is 45.2 Å². The molecule has 0 aliphatic rings. The zero-order valence-electron chi connectivity index (χ0n) is 16.7. The highest BCUT2D eigenvalue weighted by molar-refractivity contribution is 5.94. The number of benzene rings is 2. The van der Waals surface area contributed by atoms with E-state index in [9.17, 15) is 4.79 Å². The van der Waals surface area contributed by atoms with Crippen LogP contribution in [-0.2, 0) is 13.1 Å². The Morgan fingerprint density at radius 3 is 2.29 bits per heavy atom. The first-order valence-electron chi connectivity index (χ1n) is 9.63. The Hall–Kier alpha value is -3.14. The molecule has 3 rings (SSSR count). The molecule has 1 heterocycles. The molecule has 4 nitrogen and oxygen atoms in total. The molecule has 0 radical (unpaired) electrons. The third kappa shape index (κ3) is 5.19. The van der Waals surface area contributed by atoms with E-state index in [0.29, 0.717) is 18.7 Å². The maximum absolute atomic E-state index is 13.0. The minimum atomic E-state index is -0.00330. The van der Waals surface area contributed by atoms with E-state index in [1.165, 1.54) is 11.1 Å². The summed E-state index contributed by atoms with van der Waals surface area (Å²) in [5.41, 5.74) is 4.16. The first kappa shape index (κ1) is 19.6. The standard InChI is InChI=1S/C24H27N3O/c1-18(2)27(17-21-7-5-4-6-8-21)24(28)22-13-14-23(26-16-22)25-15-20-11-9-19(3)10-12-20/h4-14,16,18H,15,17H2,1-3H3,(H,25,26). The molecule has 4 heteroatoms. The number of amides is 1. The number of carbonyl (C=O) groups is 1. The molecule has 1 amide bonds. The van der Waals surface area contributed by atoms with Crippen LogP contribution in [-0.4, -0.2) is 21.8 Å². The molecule has 0 aliphatic carbocycles. The van der Waals surface area contributed by atoms with Gasteiger partial charge in [0.15, 0.2) is 0 Å². The molecular weight excluding hydrogens is 346 g/mol. The van der Waals surface area contributed by atoms with Crippen LogP contribution in [0.5, 0.6) is 0 Å². The van der Waals surface area contributed by atoms with Crippen molar-refractivity contribution in [2.45, 2.75) is 39.9 Å². The number of aryl methyl sites for hydroxylation is 1. The van der Waals surface area contributed by atoms with E-state index in [1.54, 1.807) is 6.20 Å². The minimum absolute atomic E-state index is 0.00330. The molecule has 2 aromatic carbocycles. The Labute approximate surface area is 167 Å². The molecule has 0 unspecified atom stereocenters. The number of aromatic nitrogens is 1. The number of carbonyl (C=O) groups excluding carboxylic acids is 1. The lowest BCUT2D eigenvalue weighted by atomic mass is 10.1. The monoisotopic (exact) mass is 373 g/mol. The van der Waals surface area contributed by atoms with Crippen molar-refractivity contribution in [2.75, 3.05) is 5.32 Å². The fourth-order valence-electron chi connectivity index (χ4n) is 2.96. The summed E-state index contributed by atoms with van der Waals surface area (Å²) < 4.78 is 0. The molecule has 0 atom stereocenters. The predicted molar refractivity (Wildman–Crippen MR) is 114 cm³/mol. The van der Waals surface area contributed by atoms with Crippen LogP contribution >= 0.6 is 0 Å². The second kappa shape index (κ2) is 9.18. The number of rotatable bonds is 7. The van der Waals surface area contributed by atoms with E-state index >= 15 is 0 Å². The summed E-state index contributed by atoms with van der Waals surface area (Å²) in [4.78, 5) is 19.3. The van der Waals surface area contributed by atoms with Crippen molar-refractivity contribution >= 4 is 11.7 Å². The molecule has 28 heavy (non-hydrogen) atoms. The summed E-state index contributed by atoms with van der Waals surface area (Å²) in [7, 11) is 0. The van der Waals surface area contributed by atoms with Gasteiger partial charge in [0.25, 0.3) is 5.91 Å². The Balaban J connectivity index is 1.65. The Kier molecular flexibility index (Phi) is 6.43. The van der Waals surface area contributed by atoms with Gasteiger partial charge in [-0.1, -0.05) is 60.2 Å². The molecule has 0 spiro atoms. The first-order chi connectivity index (χ1) is 13.5. The lowest BCUT2D eigenvalue weighted by Gasteiger charge is -2.27. The van der Waals surface area contributed by atoms with Crippen LogP contribution in [0, 0.1) is 6.92 Å². The largest absolute Gasteiger partial charge is 0.366 e. The molecule has 3 aromatic rings. The Morgan fingerprint density at radius 2 is 1.68 bits per heavy atom. The van der Waals surface area contributed by atoms with Gasteiger partial charge in [-0.15, -0.1) is 0 Å². The number of pyridine rings is 1. The van der Waals surface area contributed by atoms with Crippen LogP contribution < -0.4 is 5.32 Å². The van der Waals surface area contributed by atoms with E-state index in [-0.39, 0.29) is 11.9 Å². The first-order valence-corrected chi connectivity index (χ1v) is 9.63. The molecule has 144 valence electrons. The number of hydrogen-bond donors (Lipinski definition) is 1. The van der Waals surface area contributed by atoms with Crippen molar-refractivity contribution in [1.29, 1.82) is 0 Å². The highest BCUT2D eigenvalue weighted by Crippen LogP contribution is 2.15. The molecule has 1 N–H and O–H groups in total. The maximum Gasteiger partial charge on any atom is 0.255 e. The fourth-order valence-corrected chi connectivity index (χ4v) is 2.96.